The van der Waals surface area contributed by atoms with Crippen LogP contribution in [0.2, 0.25) is 5.02 Å². The van der Waals surface area contributed by atoms with Crippen molar-refractivity contribution in [3.63, 3.8) is 0 Å². The summed E-state index contributed by atoms with van der Waals surface area (Å²) in [7, 11) is 0. The average Bonchev–Trinajstić information content (AvgIpc) is 2.85. The molecule has 0 heterocycles. The number of carbonyl (C=O) groups is 1. The van der Waals surface area contributed by atoms with Crippen molar-refractivity contribution in [3.8, 4) is 0 Å². The molecule has 0 aliphatic rings. The third kappa shape index (κ3) is 6.01. The third-order valence-corrected chi connectivity index (χ3v) is 6.34. The zero-order chi connectivity index (χ0) is 23.0. The van der Waals surface area contributed by atoms with Gasteiger partial charge in [0.05, 0.1) is 0 Å². The maximum Gasteiger partial charge on any atom is 0.224 e. The Hall–Kier alpha value is -3.14. The van der Waals surface area contributed by atoms with Gasteiger partial charge < -0.3 is 10.2 Å². The molecular formula is C29H29ClN2O. The summed E-state index contributed by atoms with van der Waals surface area (Å²) < 4.78 is 0. The van der Waals surface area contributed by atoms with Gasteiger partial charge in [0.2, 0.25) is 5.91 Å². The molecule has 1 atom stereocenters. The van der Waals surface area contributed by atoms with E-state index < -0.39 is 0 Å². The van der Waals surface area contributed by atoms with Gasteiger partial charge in [0.1, 0.15) is 0 Å². The number of halogens is 1. The molecule has 0 saturated carbocycles. The molecule has 0 fully saturated rings. The molecule has 0 unspecified atom stereocenters. The van der Waals surface area contributed by atoms with Gasteiger partial charge in [0.25, 0.3) is 0 Å². The lowest BCUT2D eigenvalue weighted by Crippen LogP contribution is -2.33. The van der Waals surface area contributed by atoms with Crippen molar-refractivity contribution in [3.05, 3.63) is 119 Å². The van der Waals surface area contributed by atoms with Gasteiger partial charge in [-0.3, -0.25) is 4.79 Å². The van der Waals surface area contributed by atoms with Gasteiger partial charge in [0.15, 0.2) is 0 Å². The summed E-state index contributed by atoms with van der Waals surface area (Å²) in [4.78, 5) is 15.1. The van der Waals surface area contributed by atoms with Gasteiger partial charge in [0, 0.05) is 37.1 Å². The number of fused-ring (bicyclic) bond motifs is 1. The summed E-state index contributed by atoms with van der Waals surface area (Å²) in [6.07, 6.45) is 0.423. The monoisotopic (exact) mass is 456 g/mol. The van der Waals surface area contributed by atoms with Crippen LogP contribution in [0.3, 0.4) is 0 Å². The summed E-state index contributed by atoms with van der Waals surface area (Å²) in [5.74, 6) is 0.108. The molecule has 0 aliphatic heterocycles. The molecule has 0 bridgehead atoms. The van der Waals surface area contributed by atoms with E-state index in [4.69, 9.17) is 11.6 Å². The summed E-state index contributed by atoms with van der Waals surface area (Å²) in [5, 5.41) is 6.70. The molecule has 4 aromatic rings. The van der Waals surface area contributed by atoms with Crippen molar-refractivity contribution in [2.24, 2.45) is 0 Å². The summed E-state index contributed by atoms with van der Waals surface area (Å²) in [6.45, 7) is 3.81. The number of carbonyl (C=O) groups excluding carboxylic acids is 1. The zero-order valence-electron chi connectivity index (χ0n) is 18.9. The molecule has 3 nitrogen and oxygen atoms in total. The molecule has 4 aromatic carbocycles. The summed E-state index contributed by atoms with van der Waals surface area (Å²) in [6, 6.07) is 32.7. The van der Waals surface area contributed by atoms with Crippen LogP contribution in [0.15, 0.2) is 97.1 Å². The minimum Gasteiger partial charge on any atom is -0.334 e. The van der Waals surface area contributed by atoms with Gasteiger partial charge in [-0.25, -0.2) is 0 Å². The lowest BCUT2D eigenvalue weighted by Gasteiger charge is -2.24. The van der Waals surface area contributed by atoms with E-state index in [9.17, 15) is 4.79 Å². The van der Waals surface area contributed by atoms with E-state index in [0.717, 1.165) is 11.1 Å². The van der Waals surface area contributed by atoms with Gasteiger partial charge in [-0.2, -0.15) is 0 Å². The van der Waals surface area contributed by atoms with Crippen LogP contribution >= 0.6 is 11.6 Å². The minimum absolute atomic E-state index is 0.108. The van der Waals surface area contributed by atoms with Gasteiger partial charge in [-0.05, 0) is 40.5 Å². The number of rotatable bonds is 9. The first-order chi connectivity index (χ1) is 16.1. The second-order valence-electron chi connectivity index (χ2n) is 8.32. The van der Waals surface area contributed by atoms with Crippen molar-refractivity contribution in [1.82, 2.24) is 10.2 Å². The van der Waals surface area contributed by atoms with Crippen LogP contribution in [0.1, 0.15) is 36.1 Å². The first-order valence-electron chi connectivity index (χ1n) is 11.4. The first kappa shape index (κ1) is 23.0. The van der Waals surface area contributed by atoms with E-state index in [2.05, 4.69) is 54.7 Å². The Bertz CT molecular complexity index is 1200. The lowest BCUT2D eigenvalue weighted by molar-refractivity contribution is -0.132. The SMILES string of the molecule is C[C@@H](NCCC(=O)N(Cc1ccccc1)Cc1ccccc1Cl)c1cccc2ccccc12. The third-order valence-electron chi connectivity index (χ3n) is 5.97. The van der Waals surface area contributed by atoms with E-state index in [0.29, 0.717) is 31.1 Å². The molecule has 0 saturated heterocycles. The van der Waals surface area contributed by atoms with Crippen LogP contribution in [0.4, 0.5) is 0 Å². The fourth-order valence-corrected chi connectivity index (χ4v) is 4.36. The highest BCUT2D eigenvalue weighted by molar-refractivity contribution is 6.31. The molecular weight excluding hydrogens is 428 g/mol. The number of benzene rings is 4. The molecule has 1 amide bonds. The minimum atomic E-state index is 0.108. The quantitative estimate of drug-likeness (QED) is 0.301. The van der Waals surface area contributed by atoms with Crippen LogP contribution in [0.5, 0.6) is 0 Å². The van der Waals surface area contributed by atoms with E-state index in [1.54, 1.807) is 0 Å². The Morgan fingerprint density at radius 3 is 2.36 bits per heavy atom. The van der Waals surface area contributed by atoms with E-state index >= 15 is 0 Å². The number of amides is 1. The number of nitrogens with zero attached hydrogens (tertiary/aromatic N) is 1. The molecule has 33 heavy (non-hydrogen) atoms. The smallest absolute Gasteiger partial charge is 0.224 e. The highest BCUT2D eigenvalue weighted by Gasteiger charge is 2.17. The van der Waals surface area contributed by atoms with E-state index in [1.165, 1.54) is 16.3 Å². The van der Waals surface area contributed by atoms with E-state index in [1.807, 2.05) is 59.5 Å². The van der Waals surface area contributed by atoms with Crippen LogP contribution in [-0.4, -0.2) is 17.4 Å². The Balaban J connectivity index is 1.42. The molecule has 0 spiro atoms. The largest absolute Gasteiger partial charge is 0.334 e. The Morgan fingerprint density at radius 1 is 0.848 bits per heavy atom. The van der Waals surface area contributed by atoms with Crippen LogP contribution in [0, 0.1) is 0 Å². The van der Waals surface area contributed by atoms with Crippen molar-refractivity contribution in [1.29, 1.82) is 0 Å². The number of hydrogen-bond acceptors (Lipinski definition) is 2. The van der Waals surface area contributed by atoms with Crippen LogP contribution in [-0.2, 0) is 17.9 Å². The van der Waals surface area contributed by atoms with Gasteiger partial charge in [-0.1, -0.05) is 103 Å². The van der Waals surface area contributed by atoms with Crippen molar-refractivity contribution in [2.45, 2.75) is 32.5 Å². The van der Waals surface area contributed by atoms with E-state index in [-0.39, 0.29) is 11.9 Å². The van der Waals surface area contributed by atoms with Crippen LogP contribution in [0.25, 0.3) is 10.8 Å². The molecule has 0 aromatic heterocycles. The molecule has 0 radical (unpaired) electrons. The maximum absolute atomic E-state index is 13.2. The van der Waals surface area contributed by atoms with Crippen molar-refractivity contribution >= 4 is 28.3 Å². The van der Waals surface area contributed by atoms with Crippen molar-refractivity contribution in [2.75, 3.05) is 6.54 Å². The molecule has 1 N–H and O–H groups in total. The fourth-order valence-electron chi connectivity index (χ4n) is 4.16. The fraction of sp³-hybridized carbons (Fsp3) is 0.207. The summed E-state index contributed by atoms with van der Waals surface area (Å²) >= 11 is 6.39. The second kappa shape index (κ2) is 11.1. The number of nitrogens with one attached hydrogen (secondary N) is 1. The number of hydrogen-bond donors (Lipinski definition) is 1. The zero-order valence-corrected chi connectivity index (χ0v) is 19.6. The Morgan fingerprint density at radius 2 is 1.55 bits per heavy atom. The standard InChI is InChI=1S/C29H29ClN2O/c1-22(26-16-9-14-24-12-5-7-15-27(24)26)31-19-18-29(33)32(20-23-10-3-2-4-11-23)21-25-13-6-8-17-28(25)30/h2-17,22,31H,18-21H2,1H3/t22-/m1/s1. The highest BCUT2D eigenvalue weighted by Crippen LogP contribution is 2.24. The van der Waals surface area contributed by atoms with Crippen molar-refractivity contribution < 1.29 is 4.79 Å². The van der Waals surface area contributed by atoms with Gasteiger partial charge in [-0.15, -0.1) is 0 Å². The predicted molar refractivity (Wildman–Crippen MR) is 137 cm³/mol. The first-order valence-corrected chi connectivity index (χ1v) is 11.8. The molecule has 168 valence electrons. The predicted octanol–water partition coefficient (Wildman–Crippen LogP) is 6.76. The Labute approximate surface area is 201 Å². The molecule has 0 aliphatic carbocycles. The molecule has 4 heteroatoms. The van der Waals surface area contributed by atoms with Crippen LogP contribution < -0.4 is 5.32 Å². The lowest BCUT2D eigenvalue weighted by atomic mass is 9.99. The maximum atomic E-state index is 13.2. The summed E-state index contributed by atoms with van der Waals surface area (Å²) in [5.41, 5.74) is 3.31. The Kier molecular flexibility index (Phi) is 7.77. The normalized spacial score (nSPS) is 11.9. The van der Waals surface area contributed by atoms with Gasteiger partial charge >= 0.3 is 0 Å². The second-order valence-corrected chi connectivity index (χ2v) is 8.73. The molecule has 4 rings (SSSR count). The average molecular weight is 457 g/mol. The highest BCUT2D eigenvalue weighted by atomic mass is 35.5. The topological polar surface area (TPSA) is 32.3 Å².